The van der Waals surface area contributed by atoms with Crippen molar-refractivity contribution in [3.8, 4) is 0 Å². The predicted molar refractivity (Wildman–Crippen MR) is 94.8 cm³/mol. The second-order valence-electron chi connectivity index (χ2n) is 5.76. The first-order valence-electron chi connectivity index (χ1n) is 7.83. The van der Waals surface area contributed by atoms with Crippen molar-refractivity contribution in [2.75, 3.05) is 41.7 Å². The molecule has 2 N–H and O–H groups in total. The molecule has 1 fully saturated rings. The topological polar surface area (TPSA) is 45.4 Å². The lowest BCUT2D eigenvalue weighted by molar-refractivity contribution is 0.652. The number of rotatable bonds is 2. The minimum Gasteiger partial charge on any atom is -0.397 e. The van der Waals surface area contributed by atoms with Gasteiger partial charge >= 0.3 is 0 Å². The zero-order chi connectivity index (χ0) is 14.9. The predicted octanol–water partition coefficient (Wildman–Crippen LogP) is 1.41. The highest BCUT2D eigenvalue weighted by atomic mass is 32.1. The van der Waals surface area contributed by atoms with Gasteiger partial charge in [0, 0.05) is 26.2 Å². The molecule has 4 nitrogen and oxygen atoms in total. The number of nitrogens with zero attached hydrogens (tertiary/aromatic N) is 3. The van der Waals surface area contributed by atoms with Gasteiger partial charge in [0.1, 0.15) is 0 Å². The van der Waals surface area contributed by atoms with E-state index in [1.54, 1.807) is 0 Å². The summed E-state index contributed by atoms with van der Waals surface area (Å²) < 4.78 is 1.34. The summed E-state index contributed by atoms with van der Waals surface area (Å²) in [5.74, 6) is 0. The third kappa shape index (κ3) is 2.46. The Labute approximate surface area is 134 Å². The molecule has 0 atom stereocenters. The van der Waals surface area contributed by atoms with Crippen molar-refractivity contribution >= 4 is 40.0 Å². The number of thiazole rings is 1. The molecule has 0 amide bonds. The number of nitrogens with two attached hydrogens (primary N) is 1. The van der Waals surface area contributed by atoms with Gasteiger partial charge in [0.2, 0.25) is 0 Å². The van der Waals surface area contributed by atoms with Crippen molar-refractivity contribution in [2.24, 2.45) is 0 Å². The maximum atomic E-state index is 6.09. The van der Waals surface area contributed by atoms with Crippen LogP contribution in [0.2, 0.25) is 0 Å². The van der Waals surface area contributed by atoms with Gasteiger partial charge < -0.3 is 15.5 Å². The Morgan fingerprint density at radius 2 is 1.68 bits per heavy atom. The van der Waals surface area contributed by atoms with Crippen molar-refractivity contribution in [1.82, 2.24) is 4.98 Å². The van der Waals surface area contributed by atoms with Crippen LogP contribution < -0.4 is 25.4 Å². The molecule has 1 saturated heterocycles. The number of hydrogen-bond donors (Lipinski definition) is 1. The molecule has 0 spiro atoms. The summed E-state index contributed by atoms with van der Waals surface area (Å²) in [6.07, 6.45) is 6.85. The average Bonchev–Trinajstić information content (AvgIpc) is 2.99. The van der Waals surface area contributed by atoms with Crippen molar-refractivity contribution in [2.45, 2.75) is 12.8 Å². The Balaban J connectivity index is 1.50. The Morgan fingerprint density at radius 3 is 2.45 bits per heavy atom. The summed E-state index contributed by atoms with van der Waals surface area (Å²) in [5.41, 5.74) is 8.11. The van der Waals surface area contributed by atoms with E-state index >= 15 is 0 Å². The zero-order valence-corrected chi connectivity index (χ0v) is 13.4. The van der Waals surface area contributed by atoms with Gasteiger partial charge in [0.15, 0.2) is 5.13 Å². The quantitative estimate of drug-likeness (QED) is 0.852. The summed E-state index contributed by atoms with van der Waals surface area (Å²) in [5, 5.41) is 2.35. The number of nitrogen functional groups attached to an aromatic ring is 1. The minimum atomic E-state index is 0.866. The highest BCUT2D eigenvalue weighted by Crippen LogP contribution is 2.25. The van der Waals surface area contributed by atoms with Gasteiger partial charge in [0.25, 0.3) is 0 Å². The van der Waals surface area contributed by atoms with Crippen LogP contribution in [0.25, 0.3) is 12.2 Å². The second-order valence-corrected chi connectivity index (χ2v) is 6.77. The van der Waals surface area contributed by atoms with Crippen LogP contribution in [0.3, 0.4) is 0 Å². The number of aromatic nitrogens is 1. The number of fused-ring (bicyclic) bond motifs is 1. The third-order valence-corrected chi connectivity index (χ3v) is 5.46. The van der Waals surface area contributed by atoms with Gasteiger partial charge in [-0.1, -0.05) is 35.6 Å². The molecule has 5 heteroatoms. The number of anilines is 3. The van der Waals surface area contributed by atoms with Crippen molar-refractivity contribution in [3.05, 3.63) is 34.1 Å². The SMILES string of the molecule is Nc1ccccc1N1CCN(c2nc3c(s2)=CCCC=3)CC1. The van der Waals surface area contributed by atoms with E-state index in [0.29, 0.717) is 0 Å². The highest BCUT2D eigenvalue weighted by Gasteiger charge is 2.20. The fraction of sp³-hybridized carbons (Fsp3) is 0.353. The van der Waals surface area contributed by atoms with E-state index in [1.165, 1.54) is 15.0 Å². The highest BCUT2D eigenvalue weighted by molar-refractivity contribution is 7.13. The third-order valence-electron chi connectivity index (χ3n) is 4.33. The largest absolute Gasteiger partial charge is 0.397 e. The van der Waals surface area contributed by atoms with E-state index in [1.807, 2.05) is 23.5 Å². The molecule has 2 heterocycles. The van der Waals surface area contributed by atoms with E-state index in [2.05, 4.69) is 34.1 Å². The van der Waals surface area contributed by atoms with E-state index in [4.69, 9.17) is 10.7 Å². The normalized spacial score (nSPS) is 17.6. The lowest BCUT2D eigenvalue weighted by Crippen LogP contribution is -2.46. The van der Waals surface area contributed by atoms with E-state index in [-0.39, 0.29) is 0 Å². The minimum absolute atomic E-state index is 0.866. The molecule has 0 unspecified atom stereocenters. The second kappa shape index (κ2) is 5.65. The maximum absolute atomic E-state index is 6.09. The molecule has 0 radical (unpaired) electrons. The van der Waals surface area contributed by atoms with Crippen molar-refractivity contribution in [1.29, 1.82) is 0 Å². The molecule has 1 aromatic heterocycles. The molecule has 114 valence electrons. The number of benzene rings is 1. The Kier molecular flexibility index (Phi) is 3.50. The van der Waals surface area contributed by atoms with Gasteiger partial charge in [-0.05, 0) is 25.0 Å². The average molecular weight is 312 g/mol. The van der Waals surface area contributed by atoms with Crippen LogP contribution in [-0.2, 0) is 0 Å². The van der Waals surface area contributed by atoms with Crippen LogP contribution in [0.15, 0.2) is 24.3 Å². The fourth-order valence-corrected chi connectivity index (χ4v) is 4.20. The Hall–Kier alpha value is -2.01. The first-order valence-corrected chi connectivity index (χ1v) is 8.64. The maximum Gasteiger partial charge on any atom is 0.186 e. The van der Waals surface area contributed by atoms with Gasteiger partial charge in [-0.15, -0.1) is 0 Å². The standard InChI is InChI=1S/C17H20N4S/c18-13-5-1-3-7-15(13)20-9-11-21(12-10-20)17-19-14-6-2-4-8-16(14)22-17/h1,3,5-8H,2,4,9-12,18H2. The van der Waals surface area contributed by atoms with Crippen LogP contribution in [0.4, 0.5) is 16.5 Å². The number of para-hydroxylation sites is 2. The molecule has 0 bridgehead atoms. The van der Waals surface area contributed by atoms with Crippen LogP contribution >= 0.6 is 11.3 Å². The first kappa shape index (κ1) is 13.6. The summed E-state index contributed by atoms with van der Waals surface area (Å²) in [7, 11) is 0. The molecule has 1 aliphatic carbocycles. The molecule has 0 saturated carbocycles. The van der Waals surface area contributed by atoms with E-state index in [9.17, 15) is 0 Å². The molecule has 22 heavy (non-hydrogen) atoms. The van der Waals surface area contributed by atoms with Crippen LogP contribution in [0.1, 0.15) is 12.8 Å². The fourth-order valence-electron chi connectivity index (χ4n) is 3.11. The number of piperazine rings is 1. The lowest BCUT2D eigenvalue weighted by Gasteiger charge is -2.36. The van der Waals surface area contributed by atoms with E-state index < -0.39 is 0 Å². The first-order chi connectivity index (χ1) is 10.8. The molecular formula is C17H20N4S. The summed E-state index contributed by atoms with van der Waals surface area (Å²) in [4.78, 5) is 9.58. The zero-order valence-electron chi connectivity index (χ0n) is 12.5. The number of hydrogen-bond acceptors (Lipinski definition) is 5. The molecule has 2 aromatic rings. The van der Waals surface area contributed by atoms with Crippen molar-refractivity contribution in [3.63, 3.8) is 0 Å². The smallest absolute Gasteiger partial charge is 0.186 e. The summed E-state index contributed by atoms with van der Waals surface area (Å²) >= 11 is 1.83. The molecule has 2 aliphatic rings. The van der Waals surface area contributed by atoms with Gasteiger partial charge in [-0.3, -0.25) is 0 Å². The summed E-state index contributed by atoms with van der Waals surface area (Å²) in [6, 6.07) is 8.13. The van der Waals surface area contributed by atoms with Crippen molar-refractivity contribution < 1.29 is 0 Å². The summed E-state index contributed by atoms with van der Waals surface area (Å²) in [6.45, 7) is 3.99. The van der Waals surface area contributed by atoms with Crippen LogP contribution in [-0.4, -0.2) is 31.2 Å². The Morgan fingerprint density at radius 1 is 0.955 bits per heavy atom. The molecule has 1 aliphatic heterocycles. The Bertz CT molecular complexity index is 754. The molecule has 1 aromatic carbocycles. The molecular weight excluding hydrogens is 292 g/mol. The van der Waals surface area contributed by atoms with Crippen LogP contribution in [0, 0.1) is 0 Å². The lowest BCUT2D eigenvalue weighted by atomic mass is 10.2. The van der Waals surface area contributed by atoms with Gasteiger partial charge in [-0.2, -0.15) is 0 Å². The molecule has 4 rings (SSSR count). The van der Waals surface area contributed by atoms with Crippen LogP contribution in [0.5, 0.6) is 0 Å². The van der Waals surface area contributed by atoms with E-state index in [0.717, 1.165) is 50.4 Å². The van der Waals surface area contributed by atoms with Gasteiger partial charge in [0.05, 0.1) is 21.3 Å². The van der Waals surface area contributed by atoms with Gasteiger partial charge in [-0.25, -0.2) is 4.98 Å². The monoisotopic (exact) mass is 312 g/mol.